The molecular weight excluding hydrogens is 287 g/mol. The van der Waals surface area contributed by atoms with Crippen LogP contribution in [0.1, 0.15) is 20.3 Å². The predicted octanol–water partition coefficient (Wildman–Crippen LogP) is 1.25. The standard InChI is InChI=1S/C12H17FN2O4S/c1-8(2)3-9(12(16)17)5-15-20(18,19)11-4-10(13)6-14-7-11/h4,6-9,15H,3,5H2,1-2H3,(H,16,17). The summed E-state index contributed by atoms with van der Waals surface area (Å²) in [5.74, 6) is -2.55. The number of halogens is 1. The van der Waals surface area contributed by atoms with Gasteiger partial charge in [-0.25, -0.2) is 17.5 Å². The van der Waals surface area contributed by atoms with Crippen molar-refractivity contribution >= 4 is 16.0 Å². The highest BCUT2D eigenvalue weighted by atomic mass is 32.2. The van der Waals surface area contributed by atoms with E-state index >= 15 is 0 Å². The Hall–Kier alpha value is -1.54. The maximum absolute atomic E-state index is 12.9. The molecule has 8 heteroatoms. The van der Waals surface area contributed by atoms with Crippen LogP contribution in [0.5, 0.6) is 0 Å². The molecule has 0 saturated carbocycles. The fraction of sp³-hybridized carbons (Fsp3) is 0.500. The second kappa shape index (κ2) is 6.76. The van der Waals surface area contributed by atoms with E-state index in [1.165, 1.54) is 0 Å². The molecule has 0 fully saturated rings. The summed E-state index contributed by atoms with van der Waals surface area (Å²) >= 11 is 0. The molecule has 0 aromatic carbocycles. The molecule has 1 rings (SSSR count). The molecule has 2 N–H and O–H groups in total. The van der Waals surface area contributed by atoms with Crippen LogP contribution in [-0.2, 0) is 14.8 Å². The van der Waals surface area contributed by atoms with Crippen molar-refractivity contribution in [2.75, 3.05) is 6.54 Å². The predicted molar refractivity (Wildman–Crippen MR) is 70.0 cm³/mol. The van der Waals surface area contributed by atoms with Crippen LogP contribution in [0.2, 0.25) is 0 Å². The van der Waals surface area contributed by atoms with Gasteiger partial charge in [-0.15, -0.1) is 0 Å². The molecule has 0 bridgehead atoms. The van der Waals surface area contributed by atoms with Crippen molar-refractivity contribution in [3.63, 3.8) is 0 Å². The summed E-state index contributed by atoms with van der Waals surface area (Å²) in [5.41, 5.74) is 0. The summed E-state index contributed by atoms with van der Waals surface area (Å²) in [6, 6.07) is 0.827. The number of carbonyl (C=O) groups is 1. The van der Waals surface area contributed by atoms with Crippen molar-refractivity contribution in [3.8, 4) is 0 Å². The third kappa shape index (κ3) is 4.86. The first kappa shape index (κ1) is 16.5. The smallest absolute Gasteiger partial charge is 0.307 e. The first-order valence-electron chi connectivity index (χ1n) is 6.05. The quantitative estimate of drug-likeness (QED) is 0.790. The number of carboxylic acids is 1. The Labute approximate surface area is 117 Å². The van der Waals surface area contributed by atoms with Crippen LogP contribution in [0.4, 0.5) is 4.39 Å². The Kier molecular flexibility index (Phi) is 5.58. The zero-order valence-corrected chi connectivity index (χ0v) is 12.0. The van der Waals surface area contributed by atoms with E-state index in [-0.39, 0.29) is 17.4 Å². The number of hydrogen-bond donors (Lipinski definition) is 2. The van der Waals surface area contributed by atoms with Gasteiger partial charge in [0, 0.05) is 12.7 Å². The SMILES string of the molecule is CC(C)CC(CNS(=O)(=O)c1cncc(F)c1)C(=O)O. The topological polar surface area (TPSA) is 96.4 Å². The van der Waals surface area contributed by atoms with E-state index in [1.54, 1.807) is 0 Å². The van der Waals surface area contributed by atoms with Crippen molar-refractivity contribution in [1.29, 1.82) is 0 Å². The molecule has 0 radical (unpaired) electrons. The lowest BCUT2D eigenvalue weighted by molar-refractivity contribution is -0.142. The number of aliphatic carboxylic acids is 1. The molecule has 6 nitrogen and oxygen atoms in total. The molecule has 1 heterocycles. The molecule has 0 spiro atoms. The maximum atomic E-state index is 12.9. The van der Waals surface area contributed by atoms with Gasteiger partial charge in [-0.1, -0.05) is 13.8 Å². The van der Waals surface area contributed by atoms with Crippen molar-refractivity contribution in [2.45, 2.75) is 25.2 Å². The summed E-state index contributed by atoms with van der Waals surface area (Å²) in [4.78, 5) is 14.2. The van der Waals surface area contributed by atoms with E-state index in [0.29, 0.717) is 6.42 Å². The second-order valence-corrected chi connectivity index (χ2v) is 6.62. The number of aromatic nitrogens is 1. The number of hydrogen-bond acceptors (Lipinski definition) is 4. The average Bonchev–Trinajstić information content (AvgIpc) is 2.33. The van der Waals surface area contributed by atoms with Crippen molar-refractivity contribution in [2.24, 2.45) is 11.8 Å². The zero-order chi connectivity index (χ0) is 15.3. The molecule has 20 heavy (non-hydrogen) atoms. The summed E-state index contributed by atoms with van der Waals surface area (Å²) in [6.07, 6.45) is 2.24. The summed E-state index contributed by atoms with van der Waals surface area (Å²) in [5, 5.41) is 9.03. The molecule has 0 aliphatic heterocycles. The number of carboxylic acid groups (broad SMARTS) is 1. The van der Waals surface area contributed by atoms with Crippen molar-refractivity contribution < 1.29 is 22.7 Å². The largest absolute Gasteiger partial charge is 0.481 e. The summed E-state index contributed by atoms with van der Waals surface area (Å²) < 4.78 is 38.9. The Balaban J connectivity index is 2.78. The third-order valence-electron chi connectivity index (χ3n) is 2.62. The highest BCUT2D eigenvalue weighted by molar-refractivity contribution is 7.89. The van der Waals surface area contributed by atoms with Gasteiger partial charge < -0.3 is 5.11 Å². The second-order valence-electron chi connectivity index (χ2n) is 4.86. The van der Waals surface area contributed by atoms with Crippen LogP contribution in [0, 0.1) is 17.7 Å². The normalized spacial score (nSPS) is 13.4. The van der Waals surface area contributed by atoms with Gasteiger partial charge in [0.25, 0.3) is 0 Å². The highest BCUT2D eigenvalue weighted by Gasteiger charge is 2.23. The van der Waals surface area contributed by atoms with Gasteiger partial charge in [0.05, 0.1) is 12.1 Å². The van der Waals surface area contributed by atoms with Crippen LogP contribution in [-0.4, -0.2) is 31.0 Å². The monoisotopic (exact) mass is 304 g/mol. The molecule has 1 aromatic heterocycles. The van der Waals surface area contributed by atoms with Crippen LogP contribution in [0.3, 0.4) is 0 Å². The average molecular weight is 304 g/mol. The van der Waals surface area contributed by atoms with Gasteiger partial charge in [0.15, 0.2) is 0 Å². The Morgan fingerprint density at radius 1 is 1.45 bits per heavy atom. The van der Waals surface area contributed by atoms with Gasteiger partial charge in [-0.2, -0.15) is 0 Å². The van der Waals surface area contributed by atoms with E-state index in [1.807, 2.05) is 13.8 Å². The minimum Gasteiger partial charge on any atom is -0.481 e. The molecule has 0 amide bonds. The summed E-state index contributed by atoms with van der Waals surface area (Å²) in [6.45, 7) is 3.45. The van der Waals surface area contributed by atoms with Gasteiger partial charge in [0.1, 0.15) is 10.7 Å². The molecule has 0 aliphatic rings. The molecule has 1 aromatic rings. The lowest BCUT2D eigenvalue weighted by Gasteiger charge is -2.15. The number of pyridine rings is 1. The number of nitrogens with one attached hydrogen (secondary N) is 1. The fourth-order valence-corrected chi connectivity index (χ4v) is 2.73. The third-order valence-corrected chi connectivity index (χ3v) is 4.01. The molecular formula is C12H17FN2O4S. The first-order valence-corrected chi connectivity index (χ1v) is 7.53. The molecule has 0 saturated heterocycles. The lowest BCUT2D eigenvalue weighted by atomic mass is 9.98. The number of sulfonamides is 1. The van der Waals surface area contributed by atoms with Gasteiger partial charge in [-0.3, -0.25) is 9.78 Å². The molecule has 112 valence electrons. The van der Waals surface area contributed by atoms with Crippen LogP contribution >= 0.6 is 0 Å². The van der Waals surface area contributed by atoms with E-state index in [2.05, 4.69) is 9.71 Å². The first-order chi connectivity index (χ1) is 9.22. The molecule has 1 atom stereocenters. The fourth-order valence-electron chi connectivity index (χ4n) is 1.67. The van der Waals surface area contributed by atoms with Gasteiger partial charge in [0.2, 0.25) is 10.0 Å². The van der Waals surface area contributed by atoms with E-state index in [0.717, 1.165) is 18.5 Å². The Bertz CT molecular complexity index is 575. The molecule has 0 aliphatic carbocycles. The van der Waals surface area contributed by atoms with Crippen LogP contribution in [0.15, 0.2) is 23.4 Å². The van der Waals surface area contributed by atoms with E-state index in [9.17, 15) is 17.6 Å². The Morgan fingerprint density at radius 3 is 2.60 bits per heavy atom. The van der Waals surface area contributed by atoms with Gasteiger partial charge in [-0.05, 0) is 18.4 Å². The van der Waals surface area contributed by atoms with E-state index in [4.69, 9.17) is 5.11 Å². The minimum absolute atomic E-state index is 0.122. The van der Waals surface area contributed by atoms with Crippen LogP contribution < -0.4 is 4.72 Å². The maximum Gasteiger partial charge on any atom is 0.307 e. The Morgan fingerprint density at radius 2 is 2.10 bits per heavy atom. The number of nitrogens with zero attached hydrogens (tertiary/aromatic N) is 1. The zero-order valence-electron chi connectivity index (χ0n) is 11.2. The number of rotatable bonds is 7. The highest BCUT2D eigenvalue weighted by Crippen LogP contribution is 2.13. The summed E-state index contributed by atoms with van der Waals surface area (Å²) in [7, 11) is -3.96. The van der Waals surface area contributed by atoms with Crippen molar-refractivity contribution in [1.82, 2.24) is 9.71 Å². The van der Waals surface area contributed by atoms with E-state index < -0.39 is 27.7 Å². The minimum atomic E-state index is -3.96. The van der Waals surface area contributed by atoms with Crippen LogP contribution in [0.25, 0.3) is 0 Å². The van der Waals surface area contributed by atoms with Crippen molar-refractivity contribution in [3.05, 3.63) is 24.3 Å². The molecule has 1 unspecified atom stereocenters. The lowest BCUT2D eigenvalue weighted by Crippen LogP contribution is -2.33. The van der Waals surface area contributed by atoms with Gasteiger partial charge >= 0.3 is 5.97 Å².